The third-order valence-corrected chi connectivity index (χ3v) is 1.43. The highest BCUT2D eigenvalue weighted by molar-refractivity contribution is 5.19. The lowest BCUT2D eigenvalue weighted by atomic mass is 10.2. The molecule has 0 fully saturated rings. The summed E-state index contributed by atoms with van der Waals surface area (Å²) in [7, 11) is 1.08. The highest BCUT2D eigenvalue weighted by Crippen LogP contribution is 2.22. The van der Waals surface area contributed by atoms with Crippen LogP contribution in [0.5, 0.6) is 0 Å². The molecule has 0 aliphatic carbocycles. The van der Waals surface area contributed by atoms with Gasteiger partial charge < -0.3 is 4.74 Å². The second kappa shape index (κ2) is 3.58. The Balaban J connectivity index is 3.07. The zero-order valence-electron chi connectivity index (χ0n) is 6.35. The first kappa shape index (κ1) is 9.06. The van der Waals surface area contributed by atoms with Gasteiger partial charge in [0.25, 0.3) is 0 Å². The van der Waals surface area contributed by atoms with Crippen LogP contribution in [-0.2, 0) is 4.74 Å². The van der Waals surface area contributed by atoms with Gasteiger partial charge in [-0.1, -0.05) is 12.1 Å². The van der Waals surface area contributed by atoms with Crippen molar-refractivity contribution in [2.24, 2.45) is 0 Å². The van der Waals surface area contributed by atoms with Crippen molar-refractivity contribution in [2.75, 3.05) is 7.11 Å². The quantitative estimate of drug-likeness (QED) is 0.672. The van der Waals surface area contributed by atoms with Crippen LogP contribution in [0.1, 0.15) is 11.9 Å². The number of ether oxygens (including phenoxy) is 1. The molecular formula is C8H7F3O. The smallest absolute Gasteiger partial charge is 0.227 e. The molecule has 0 N–H and O–H groups in total. The zero-order chi connectivity index (χ0) is 9.14. The molecule has 0 saturated carbocycles. The van der Waals surface area contributed by atoms with Gasteiger partial charge in [-0.05, 0) is 6.07 Å². The Kier molecular flexibility index (Phi) is 2.70. The highest BCUT2D eigenvalue weighted by atomic mass is 19.2. The van der Waals surface area contributed by atoms with Crippen LogP contribution >= 0.6 is 0 Å². The molecular weight excluding hydrogens is 169 g/mol. The Morgan fingerprint density at radius 1 is 1.33 bits per heavy atom. The van der Waals surface area contributed by atoms with E-state index < -0.39 is 23.6 Å². The molecule has 1 unspecified atom stereocenters. The standard InChI is InChI=1S/C8H7F3O/c1-12-8(11)5-3-2-4-6(9)7(5)10/h2-4,8H,1H3. The van der Waals surface area contributed by atoms with E-state index >= 15 is 0 Å². The summed E-state index contributed by atoms with van der Waals surface area (Å²) in [4.78, 5) is 0. The molecule has 0 radical (unpaired) electrons. The first-order chi connectivity index (χ1) is 5.66. The fraction of sp³-hybridized carbons (Fsp3) is 0.250. The number of alkyl halides is 1. The van der Waals surface area contributed by atoms with Crippen molar-refractivity contribution in [3.63, 3.8) is 0 Å². The SMILES string of the molecule is COC(F)c1cccc(F)c1F. The van der Waals surface area contributed by atoms with Gasteiger partial charge in [0.05, 0.1) is 5.56 Å². The second-order valence-electron chi connectivity index (χ2n) is 2.19. The Morgan fingerprint density at radius 2 is 2.00 bits per heavy atom. The third kappa shape index (κ3) is 1.58. The second-order valence-corrected chi connectivity index (χ2v) is 2.19. The van der Waals surface area contributed by atoms with Crippen LogP contribution in [0.2, 0.25) is 0 Å². The predicted octanol–water partition coefficient (Wildman–Crippen LogP) is 2.58. The van der Waals surface area contributed by atoms with Gasteiger partial charge >= 0.3 is 0 Å². The minimum absolute atomic E-state index is 0.419. The van der Waals surface area contributed by atoms with Crippen molar-refractivity contribution in [3.8, 4) is 0 Å². The van der Waals surface area contributed by atoms with Gasteiger partial charge in [-0.15, -0.1) is 0 Å². The average Bonchev–Trinajstić information content (AvgIpc) is 2.08. The summed E-state index contributed by atoms with van der Waals surface area (Å²) in [5.41, 5.74) is -0.419. The minimum atomic E-state index is -1.92. The molecule has 0 spiro atoms. The van der Waals surface area contributed by atoms with Crippen molar-refractivity contribution < 1.29 is 17.9 Å². The molecule has 1 aromatic carbocycles. The lowest BCUT2D eigenvalue weighted by Crippen LogP contribution is -1.99. The topological polar surface area (TPSA) is 9.23 Å². The summed E-state index contributed by atoms with van der Waals surface area (Å²) in [6.07, 6.45) is -1.92. The molecule has 0 aliphatic rings. The summed E-state index contributed by atoms with van der Waals surface area (Å²) in [6, 6.07) is 3.27. The van der Waals surface area contributed by atoms with Gasteiger partial charge in [-0.3, -0.25) is 0 Å². The average molecular weight is 176 g/mol. The van der Waals surface area contributed by atoms with E-state index in [-0.39, 0.29) is 0 Å². The zero-order valence-corrected chi connectivity index (χ0v) is 6.35. The molecule has 0 heterocycles. The van der Waals surface area contributed by atoms with E-state index in [0.29, 0.717) is 0 Å². The van der Waals surface area contributed by atoms with Crippen molar-refractivity contribution in [2.45, 2.75) is 6.36 Å². The highest BCUT2D eigenvalue weighted by Gasteiger charge is 2.15. The van der Waals surface area contributed by atoms with Gasteiger partial charge in [-0.2, -0.15) is 0 Å². The van der Waals surface area contributed by atoms with Crippen LogP contribution < -0.4 is 0 Å². The maximum atomic E-state index is 12.7. The van der Waals surface area contributed by atoms with Crippen molar-refractivity contribution in [1.29, 1.82) is 0 Å². The van der Waals surface area contributed by atoms with Crippen molar-refractivity contribution in [3.05, 3.63) is 35.4 Å². The molecule has 1 rings (SSSR count). The molecule has 1 nitrogen and oxygen atoms in total. The third-order valence-electron chi connectivity index (χ3n) is 1.43. The van der Waals surface area contributed by atoms with Gasteiger partial charge in [0.2, 0.25) is 6.36 Å². The van der Waals surface area contributed by atoms with Gasteiger partial charge in [0, 0.05) is 7.11 Å². The number of benzene rings is 1. The largest absolute Gasteiger partial charge is 0.348 e. The maximum absolute atomic E-state index is 12.7. The fourth-order valence-corrected chi connectivity index (χ4v) is 0.823. The van der Waals surface area contributed by atoms with E-state index in [1.807, 2.05) is 0 Å². The molecule has 12 heavy (non-hydrogen) atoms. The summed E-state index contributed by atoms with van der Waals surface area (Å²) >= 11 is 0. The molecule has 0 bridgehead atoms. The predicted molar refractivity (Wildman–Crippen MR) is 37.2 cm³/mol. The number of hydrogen-bond acceptors (Lipinski definition) is 1. The van der Waals surface area contributed by atoms with Crippen molar-refractivity contribution >= 4 is 0 Å². The molecule has 0 saturated heterocycles. The monoisotopic (exact) mass is 176 g/mol. The van der Waals surface area contributed by atoms with Crippen LogP contribution in [0, 0.1) is 11.6 Å². The van der Waals surface area contributed by atoms with E-state index in [0.717, 1.165) is 19.2 Å². The van der Waals surface area contributed by atoms with Crippen LogP contribution in [0.4, 0.5) is 13.2 Å². The van der Waals surface area contributed by atoms with E-state index in [4.69, 9.17) is 0 Å². The summed E-state index contributed by atoms with van der Waals surface area (Å²) in [5, 5.41) is 0. The summed E-state index contributed by atoms with van der Waals surface area (Å²) < 4.78 is 42.1. The Hall–Kier alpha value is -1.03. The first-order valence-electron chi connectivity index (χ1n) is 3.27. The Bertz CT molecular complexity index is 275. The Morgan fingerprint density at radius 3 is 2.58 bits per heavy atom. The van der Waals surface area contributed by atoms with Crippen LogP contribution in [0.3, 0.4) is 0 Å². The summed E-state index contributed by atoms with van der Waals surface area (Å²) in [6.45, 7) is 0. The lowest BCUT2D eigenvalue weighted by Gasteiger charge is -2.06. The van der Waals surface area contributed by atoms with E-state index in [2.05, 4.69) is 4.74 Å². The van der Waals surface area contributed by atoms with E-state index in [9.17, 15) is 13.2 Å². The first-order valence-corrected chi connectivity index (χ1v) is 3.27. The molecule has 1 aromatic rings. The number of halogens is 3. The van der Waals surface area contributed by atoms with Crippen molar-refractivity contribution in [1.82, 2.24) is 0 Å². The lowest BCUT2D eigenvalue weighted by molar-refractivity contribution is -0.00961. The minimum Gasteiger partial charge on any atom is -0.348 e. The number of methoxy groups -OCH3 is 1. The Labute approximate surface area is 67.8 Å². The van der Waals surface area contributed by atoms with E-state index in [1.54, 1.807) is 0 Å². The van der Waals surface area contributed by atoms with Gasteiger partial charge in [0.1, 0.15) is 0 Å². The molecule has 4 heteroatoms. The molecule has 0 aliphatic heterocycles. The number of hydrogen-bond donors (Lipinski definition) is 0. The normalized spacial score (nSPS) is 13.0. The van der Waals surface area contributed by atoms with E-state index in [1.165, 1.54) is 6.07 Å². The molecule has 0 aromatic heterocycles. The summed E-state index contributed by atoms with van der Waals surface area (Å²) in [5.74, 6) is -2.28. The van der Waals surface area contributed by atoms with Crippen LogP contribution in [-0.4, -0.2) is 7.11 Å². The van der Waals surface area contributed by atoms with Crippen LogP contribution in [0.15, 0.2) is 18.2 Å². The maximum Gasteiger partial charge on any atom is 0.227 e. The molecule has 66 valence electrons. The van der Waals surface area contributed by atoms with Crippen LogP contribution in [0.25, 0.3) is 0 Å². The van der Waals surface area contributed by atoms with Gasteiger partial charge in [-0.25, -0.2) is 13.2 Å². The molecule has 0 amide bonds. The van der Waals surface area contributed by atoms with Gasteiger partial charge in [0.15, 0.2) is 11.6 Å². The molecule has 1 atom stereocenters. The fourth-order valence-electron chi connectivity index (χ4n) is 0.823. The number of rotatable bonds is 2.